The largest absolute Gasteiger partial charge is 0.486 e. The Morgan fingerprint density at radius 2 is 1.87 bits per heavy atom. The number of nitrogens with zero attached hydrogens (tertiary/aromatic N) is 1. The topological polar surface area (TPSA) is 77.2 Å². The first-order valence-corrected chi connectivity index (χ1v) is 7.83. The van der Waals surface area contributed by atoms with Crippen molar-refractivity contribution in [3.05, 3.63) is 66.4 Å². The first kappa shape index (κ1) is 15.2. The van der Waals surface area contributed by atoms with Gasteiger partial charge in [-0.15, -0.1) is 0 Å². The molecule has 0 unspecified atom stereocenters. The molecule has 116 valence electrons. The summed E-state index contributed by atoms with van der Waals surface area (Å²) in [6.07, 6.45) is 0. The minimum Gasteiger partial charge on any atom is -0.486 e. The van der Waals surface area contributed by atoms with Crippen LogP contribution in [0.15, 0.2) is 65.6 Å². The molecule has 0 bridgehead atoms. The van der Waals surface area contributed by atoms with Crippen molar-refractivity contribution in [2.24, 2.45) is 5.73 Å². The van der Waals surface area contributed by atoms with Crippen molar-refractivity contribution in [2.45, 2.75) is 11.5 Å². The molecule has 0 fully saturated rings. The standard InChI is InChI=1S/C17H15N3O2S/c18-17(21)20-23-16-8-4-3-7-15(16)22-11-13-10-9-12-5-1-2-6-14(12)19-13/h1-10H,11H2,(H3,18,20,21). The molecule has 1 heterocycles. The Balaban J connectivity index is 1.73. The lowest BCUT2D eigenvalue weighted by Crippen LogP contribution is -2.22. The van der Waals surface area contributed by atoms with Gasteiger partial charge in [-0.2, -0.15) is 0 Å². The number of carbonyl (C=O) groups is 1. The maximum absolute atomic E-state index is 10.8. The summed E-state index contributed by atoms with van der Waals surface area (Å²) in [6, 6.07) is 18.7. The van der Waals surface area contributed by atoms with E-state index in [0.29, 0.717) is 12.4 Å². The van der Waals surface area contributed by atoms with Gasteiger partial charge < -0.3 is 10.5 Å². The second kappa shape index (κ2) is 7.02. The number of amides is 2. The molecule has 0 aliphatic rings. The molecule has 0 spiro atoms. The number of urea groups is 1. The van der Waals surface area contributed by atoms with Crippen LogP contribution in [0.2, 0.25) is 0 Å². The van der Waals surface area contributed by atoms with E-state index in [1.54, 1.807) is 0 Å². The lowest BCUT2D eigenvalue weighted by molar-refractivity contribution is 0.254. The number of hydrogen-bond acceptors (Lipinski definition) is 4. The molecule has 6 heteroatoms. The Hall–Kier alpha value is -2.73. The number of pyridine rings is 1. The van der Waals surface area contributed by atoms with Crippen LogP contribution in [0.25, 0.3) is 10.9 Å². The predicted molar refractivity (Wildman–Crippen MR) is 91.1 cm³/mol. The predicted octanol–water partition coefficient (Wildman–Crippen LogP) is 3.49. The summed E-state index contributed by atoms with van der Waals surface area (Å²) in [5.41, 5.74) is 6.86. The molecule has 0 atom stereocenters. The van der Waals surface area contributed by atoms with Crippen molar-refractivity contribution in [3.8, 4) is 5.75 Å². The lowest BCUT2D eigenvalue weighted by atomic mass is 10.2. The monoisotopic (exact) mass is 325 g/mol. The SMILES string of the molecule is NC(=O)NSc1ccccc1OCc1ccc2ccccc2n1. The number of carbonyl (C=O) groups excluding carboxylic acids is 1. The molecular weight excluding hydrogens is 310 g/mol. The molecule has 0 aliphatic heterocycles. The van der Waals surface area contributed by atoms with E-state index < -0.39 is 6.03 Å². The minimum absolute atomic E-state index is 0.346. The van der Waals surface area contributed by atoms with E-state index in [0.717, 1.165) is 33.4 Å². The highest BCUT2D eigenvalue weighted by Crippen LogP contribution is 2.27. The number of primary amides is 1. The zero-order valence-corrected chi connectivity index (χ0v) is 13.0. The number of fused-ring (bicyclic) bond motifs is 1. The molecule has 3 rings (SSSR count). The summed E-state index contributed by atoms with van der Waals surface area (Å²) in [5.74, 6) is 0.668. The van der Waals surface area contributed by atoms with Gasteiger partial charge in [0.25, 0.3) is 0 Å². The van der Waals surface area contributed by atoms with Crippen LogP contribution in [0.4, 0.5) is 4.79 Å². The number of aromatic nitrogens is 1. The molecule has 23 heavy (non-hydrogen) atoms. The lowest BCUT2D eigenvalue weighted by Gasteiger charge is -2.11. The highest BCUT2D eigenvalue weighted by molar-refractivity contribution is 7.98. The first-order valence-electron chi connectivity index (χ1n) is 7.01. The summed E-state index contributed by atoms with van der Waals surface area (Å²) < 4.78 is 8.31. The highest BCUT2D eigenvalue weighted by Gasteiger charge is 2.06. The Bertz CT molecular complexity index is 839. The van der Waals surface area contributed by atoms with Crippen LogP contribution in [-0.4, -0.2) is 11.0 Å². The molecule has 3 aromatic rings. The third-order valence-electron chi connectivity index (χ3n) is 3.14. The number of benzene rings is 2. The van der Waals surface area contributed by atoms with E-state index in [9.17, 15) is 4.79 Å². The number of hydrogen-bond donors (Lipinski definition) is 2. The zero-order chi connectivity index (χ0) is 16.1. The summed E-state index contributed by atoms with van der Waals surface area (Å²) >= 11 is 1.12. The minimum atomic E-state index is -0.596. The van der Waals surface area contributed by atoms with Gasteiger partial charge in [0, 0.05) is 5.39 Å². The van der Waals surface area contributed by atoms with Crippen molar-refractivity contribution in [3.63, 3.8) is 0 Å². The molecule has 0 radical (unpaired) electrons. The summed E-state index contributed by atoms with van der Waals surface area (Å²) in [5, 5.41) is 1.10. The van der Waals surface area contributed by atoms with Crippen LogP contribution < -0.4 is 15.2 Å². The summed E-state index contributed by atoms with van der Waals surface area (Å²) in [6.45, 7) is 0.346. The average Bonchev–Trinajstić information content (AvgIpc) is 2.58. The fraction of sp³-hybridized carbons (Fsp3) is 0.0588. The number of nitrogens with one attached hydrogen (secondary N) is 1. The molecule has 5 nitrogen and oxygen atoms in total. The molecule has 3 N–H and O–H groups in total. The van der Waals surface area contributed by atoms with Crippen molar-refractivity contribution < 1.29 is 9.53 Å². The third-order valence-corrected chi connectivity index (χ3v) is 4.00. The van der Waals surface area contributed by atoms with E-state index in [4.69, 9.17) is 10.5 Å². The van der Waals surface area contributed by atoms with Crippen LogP contribution in [0.3, 0.4) is 0 Å². The number of rotatable bonds is 5. The van der Waals surface area contributed by atoms with Gasteiger partial charge >= 0.3 is 6.03 Å². The first-order chi connectivity index (χ1) is 11.2. The second-order valence-corrected chi connectivity index (χ2v) is 5.65. The van der Waals surface area contributed by atoms with Crippen molar-refractivity contribution in [1.82, 2.24) is 9.71 Å². The maximum atomic E-state index is 10.8. The Kier molecular flexibility index (Phi) is 4.63. The third kappa shape index (κ3) is 3.92. The number of para-hydroxylation sites is 2. The van der Waals surface area contributed by atoms with Gasteiger partial charge in [0.2, 0.25) is 0 Å². The normalized spacial score (nSPS) is 10.4. The molecule has 2 amide bonds. The smallest absolute Gasteiger partial charge is 0.322 e. The van der Waals surface area contributed by atoms with E-state index in [1.807, 2.05) is 60.7 Å². The van der Waals surface area contributed by atoms with Gasteiger partial charge in [-0.1, -0.05) is 36.4 Å². The van der Waals surface area contributed by atoms with Crippen molar-refractivity contribution in [1.29, 1.82) is 0 Å². The average molecular weight is 325 g/mol. The van der Waals surface area contributed by atoms with Crippen LogP contribution in [0, 0.1) is 0 Å². The second-order valence-electron chi connectivity index (χ2n) is 4.80. The van der Waals surface area contributed by atoms with Gasteiger partial charge in [0.05, 0.1) is 16.1 Å². The number of nitrogens with two attached hydrogens (primary N) is 1. The van der Waals surface area contributed by atoms with Gasteiger partial charge in [0.1, 0.15) is 12.4 Å². The number of ether oxygens (including phenoxy) is 1. The molecule has 0 saturated carbocycles. The zero-order valence-electron chi connectivity index (χ0n) is 12.2. The van der Waals surface area contributed by atoms with Crippen LogP contribution in [0.5, 0.6) is 5.75 Å². The van der Waals surface area contributed by atoms with Crippen LogP contribution in [-0.2, 0) is 6.61 Å². The molecular formula is C17H15N3O2S. The van der Waals surface area contributed by atoms with Gasteiger partial charge in [0.15, 0.2) is 0 Å². The summed E-state index contributed by atoms with van der Waals surface area (Å²) in [7, 11) is 0. The highest BCUT2D eigenvalue weighted by atomic mass is 32.2. The Morgan fingerprint density at radius 3 is 2.74 bits per heavy atom. The van der Waals surface area contributed by atoms with Crippen molar-refractivity contribution in [2.75, 3.05) is 0 Å². The molecule has 2 aromatic carbocycles. The Morgan fingerprint density at radius 1 is 1.09 bits per heavy atom. The van der Waals surface area contributed by atoms with E-state index in [1.165, 1.54) is 0 Å². The van der Waals surface area contributed by atoms with Crippen molar-refractivity contribution >= 4 is 28.9 Å². The fourth-order valence-corrected chi connectivity index (χ4v) is 2.68. The fourth-order valence-electron chi connectivity index (χ4n) is 2.10. The quantitative estimate of drug-likeness (QED) is 0.704. The molecule has 0 saturated heterocycles. The van der Waals surface area contributed by atoms with E-state index in [-0.39, 0.29) is 0 Å². The van der Waals surface area contributed by atoms with Gasteiger partial charge in [-0.3, -0.25) is 4.72 Å². The van der Waals surface area contributed by atoms with E-state index in [2.05, 4.69) is 9.71 Å². The Labute approximate surface area is 138 Å². The molecule has 0 aliphatic carbocycles. The molecule has 1 aromatic heterocycles. The van der Waals surface area contributed by atoms with Crippen LogP contribution in [0.1, 0.15) is 5.69 Å². The van der Waals surface area contributed by atoms with E-state index >= 15 is 0 Å². The van der Waals surface area contributed by atoms with Gasteiger partial charge in [-0.05, 0) is 36.2 Å². The maximum Gasteiger partial charge on any atom is 0.322 e. The van der Waals surface area contributed by atoms with Crippen LogP contribution >= 0.6 is 11.9 Å². The summed E-state index contributed by atoms with van der Waals surface area (Å²) in [4.78, 5) is 16.2. The van der Waals surface area contributed by atoms with Gasteiger partial charge in [-0.25, -0.2) is 9.78 Å².